The zero-order valence-electron chi connectivity index (χ0n) is 34.9. The fourth-order valence-electron chi connectivity index (χ4n) is 8.69. The summed E-state index contributed by atoms with van der Waals surface area (Å²) >= 11 is 0. The van der Waals surface area contributed by atoms with Gasteiger partial charge in [-0.15, -0.1) is 0 Å². The predicted octanol–water partition coefficient (Wildman–Crippen LogP) is 1.26. The Balaban J connectivity index is 0.993. The number of amides is 2. The van der Waals surface area contributed by atoms with E-state index in [1.807, 2.05) is 0 Å². The Morgan fingerprint density at radius 2 is 1.67 bits per heavy atom. The number of esters is 2. The van der Waals surface area contributed by atoms with Gasteiger partial charge in [-0.2, -0.15) is 0 Å². The molecule has 1 aromatic rings. The Labute approximate surface area is 354 Å². The Hall–Kier alpha value is -3.78. The second-order valence-corrected chi connectivity index (χ2v) is 18.0. The normalized spacial score (nSPS) is 31.6. The zero-order chi connectivity index (χ0) is 43.6. The molecule has 6 aliphatic rings. The van der Waals surface area contributed by atoms with Crippen molar-refractivity contribution in [3.63, 3.8) is 0 Å². The van der Waals surface area contributed by atoms with Crippen LogP contribution in [0, 0.1) is 11.8 Å². The molecule has 3 saturated heterocycles. The molecular formula is C44H60N2O15. The largest absolute Gasteiger partial charge is 0.460 e. The van der Waals surface area contributed by atoms with Crippen LogP contribution >= 0.6 is 0 Å². The first-order valence-electron chi connectivity index (χ1n) is 21.5. The van der Waals surface area contributed by atoms with Gasteiger partial charge in [-0.05, 0) is 89.5 Å². The summed E-state index contributed by atoms with van der Waals surface area (Å²) in [5, 5.41) is 52.4. The number of hydrogen-bond acceptors (Lipinski definition) is 15. The van der Waals surface area contributed by atoms with Crippen molar-refractivity contribution >= 4 is 29.8 Å². The average molecular weight is 857 g/mol. The number of fused-ring (bicyclic) bond motifs is 1. The van der Waals surface area contributed by atoms with Gasteiger partial charge in [-0.3, -0.25) is 14.4 Å². The summed E-state index contributed by atoms with van der Waals surface area (Å²) in [7, 11) is 0. The number of ether oxygens (including phenoxy) is 6. The molecule has 336 valence electrons. The molecule has 2 saturated carbocycles. The number of benzene rings is 1. The van der Waals surface area contributed by atoms with Gasteiger partial charge in [0.15, 0.2) is 12.1 Å². The Bertz CT molecular complexity index is 1790. The van der Waals surface area contributed by atoms with Crippen LogP contribution in [0.5, 0.6) is 0 Å². The van der Waals surface area contributed by atoms with E-state index >= 15 is 0 Å². The molecule has 0 spiro atoms. The SMILES string of the molecule is CC(C)(C)OC(=O)CCC(CO)NC(=O)C1CCCN1C(=O)C1=CC2OC(C3CC3)(C3CC3)OC2C(OC(=O)c2ccc(C=CCOC3OC(CO)C(O)C(O)C3O)cc2)C1. The van der Waals surface area contributed by atoms with Crippen molar-refractivity contribution in [3.05, 3.63) is 53.1 Å². The Morgan fingerprint density at radius 1 is 0.967 bits per heavy atom. The maximum atomic E-state index is 14.3. The van der Waals surface area contributed by atoms with E-state index < -0.39 is 96.9 Å². The lowest BCUT2D eigenvalue weighted by Crippen LogP contribution is -2.59. The number of aliphatic hydroxyl groups excluding tert-OH is 5. The number of carbonyl (C=O) groups excluding carboxylic acids is 4. The van der Waals surface area contributed by atoms with Crippen LogP contribution < -0.4 is 5.32 Å². The van der Waals surface area contributed by atoms with E-state index in [-0.39, 0.29) is 55.8 Å². The molecule has 3 aliphatic heterocycles. The third-order valence-electron chi connectivity index (χ3n) is 12.1. The van der Waals surface area contributed by atoms with Crippen LogP contribution in [0.4, 0.5) is 0 Å². The molecule has 2 amide bonds. The number of nitrogens with one attached hydrogen (secondary N) is 1. The highest BCUT2D eigenvalue weighted by Crippen LogP contribution is 2.59. The van der Waals surface area contributed by atoms with Gasteiger partial charge in [0.2, 0.25) is 11.8 Å². The third-order valence-corrected chi connectivity index (χ3v) is 12.1. The molecule has 10 unspecified atom stereocenters. The molecule has 7 rings (SSSR count). The second-order valence-electron chi connectivity index (χ2n) is 18.0. The van der Waals surface area contributed by atoms with E-state index in [1.54, 1.807) is 63.3 Å². The predicted molar refractivity (Wildman–Crippen MR) is 214 cm³/mol. The van der Waals surface area contributed by atoms with Crippen LogP contribution in [-0.2, 0) is 42.8 Å². The minimum absolute atomic E-state index is 0.00465. The first-order chi connectivity index (χ1) is 29.1. The number of nitrogens with zero attached hydrogens (tertiary/aromatic N) is 1. The topological polar surface area (TPSA) is 240 Å². The van der Waals surface area contributed by atoms with Gasteiger partial charge < -0.3 is 64.2 Å². The van der Waals surface area contributed by atoms with Crippen molar-refractivity contribution in [2.24, 2.45) is 11.8 Å². The molecule has 61 heavy (non-hydrogen) atoms. The standard InChI is InChI=1S/C44H60N2O15/c1-43(2,3)60-34(49)17-16-29(22-47)45-39(53)30-7-4-18-46(30)40(54)26-20-31(38-32(21-26)59-44(61-38,27-12-13-27)28-14-15-28)57-41(55)25-10-8-24(9-11-25)6-5-19-56-42-37(52)36(51)35(50)33(23-48)58-42/h5-6,8-11,21,27-33,35-38,42,47-48,50-52H,4,7,12-20,22-23H2,1-3H3,(H,45,53). The minimum atomic E-state index is -1.55. The second kappa shape index (κ2) is 18.9. The molecule has 0 radical (unpaired) electrons. The van der Waals surface area contributed by atoms with Crippen LogP contribution in [0.1, 0.15) is 94.5 Å². The number of likely N-dealkylation sites (tertiary alicyclic amines) is 1. The molecule has 6 N–H and O–H groups in total. The van der Waals surface area contributed by atoms with Crippen molar-refractivity contribution in [3.8, 4) is 0 Å². The summed E-state index contributed by atoms with van der Waals surface area (Å²) in [5.41, 5.74) is 0.683. The van der Waals surface area contributed by atoms with Gasteiger partial charge in [0.1, 0.15) is 54.4 Å². The van der Waals surface area contributed by atoms with Crippen LogP contribution in [0.25, 0.3) is 6.08 Å². The average Bonchev–Trinajstić information content (AvgIpc) is 4.18. The van der Waals surface area contributed by atoms with Crippen molar-refractivity contribution < 1.29 is 73.1 Å². The molecule has 0 aromatic heterocycles. The molecule has 17 heteroatoms. The number of aliphatic hydroxyl groups is 5. The molecule has 0 bridgehead atoms. The highest BCUT2D eigenvalue weighted by Gasteiger charge is 2.64. The van der Waals surface area contributed by atoms with E-state index in [2.05, 4.69) is 5.32 Å². The molecule has 3 aliphatic carbocycles. The molecular weight excluding hydrogens is 796 g/mol. The number of carbonyl (C=O) groups is 4. The lowest BCUT2D eigenvalue weighted by molar-refractivity contribution is -0.298. The first-order valence-corrected chi connectivity index (χ1v) is 21.5. The van der Waals surface area contributed by atoms with Crippen molar-refractivity contribution in [2.75, 3.05) is 26.4 Å². The number of hydrogen-bond donors (Lipinski definition) is 6. The van der Waals surface area contributed by atoms with E-state index in [4.69, 9.17) is 28.4 Å². The van der Waals surface area contributed by atoms with Crippen LogP contribution in [0.15, 0.2) is 42.0 Å². The van der Waals surface area contributed by atoms with E-state index in [9.17, 15) is 44.7 Å². The van der Waals surface area contributed by atoms with Crippen LogP contribution in [0.2, 0.25) is 0 Å². The van der Waals surface area contributed by atoms with Gasteiger partial charge in [0.05, 0.1) is 31.4 Å². The summed E-state index contributed by atoms with van der Waals surface area (Å²) in [4.78, 5) is 55.5. The summed E-state index contributed by atoms with van der Waals surface area (Å²) in [6.07, 6.45) is 1.18. The smallest absolute Gasteiger partial charge is 0.338 e. The fourth-order valence-corrected chi connectivity index (χ4v) is 8.69. The zero-order valence-corrected chi connectivity index (χ0v) is 34.9. The van der Waals surface area contributed by atoms with Crippen molar-refractivity contribution in [2.45, 2.75) is 151 Å². The molecule has 10 atom stereocenters. The maximum Gasteiger partial charge on any atom is 0.338 e. The first kappa shape index (κ1) is 45.3. The summed E-state index contributed by atoms with van der Waals surface area (Å²) in [5.74, 6) is -2.20. The molecule has 1 aromatic carbocycles. The van der Waals surface area contributed by atoms with E-state index in [0.717, 1.165) is 25.7 Å². The van der Waals surface area contributed by atoms with Crippen LogP contribution in [0.3, 0.4) is 0 Å². The lowest BCUT2D eigenvalue weighted by Gasteiger charge is -2.39. The summed E-state index contributed by atoms with van der Waals surface area (Å²) in [6, 6.07) is 5.12. The van der Waals surface area contributed by atoms with Crippen LogP contribution in [-0.4, -0.2) is 153 Å². The van der Waals surface area contributed by atoms with E-state index in [0.29, 0.717) is 30.5 Å². The van der Waals surface area contributed by atoms with Crippen molar-refractivity contribution in [1.82, 2.24) is 10.2 Å². The summed E-state index contributed by atoms with van der Waals surface area (Å²) in [6.45, 7) is 4.64. The summed E-state index contributed by atoms with van der Waals surface area (Å²) < 4.78 is 35.9. The lowest BCUT2D eigenvalue weighted by atomic mass is 9.91. The monoisotopic (exact) mass is 856 g/mol. The maximum absolute atomic E-state index is 14.3. The Kier molecular flexibility index (Phi) is 14.0. The quantitative estimate of drug-likeness (QED) is 0.128. The van der Waals surface area contributed by atoms with Crippen molar-refractivity contribution in [1.29, 1.82) is 0 Å². The van der Waals surface area contributed by atoms with Gasteiger partial charge in [-0.1, -0.05) is 24.3 Å². The number of rotatable bonds is 16. The molecule has 17 nitrogen and oxygen atoms in total. The third kappa shape index (κ3) is 10.5. The van der Waals surface area contributed by atoms with Gasteiger partial charge in [0, 0.05) is 36.8 Å². The molecule has 5 fully saturated rings. The highest BCUT2D eigenvalue weighted by molar-refractivity contribution is 5.98. The highest BCUT2D eigenvalue weighted by atomic mass is 16.8. The minimum Gasteiger partial charge on any atom is -0.460 e. The van der Waals surface area contributed by atoms with E-state index in [1.165, 1.54) is 4.90 Å². The van der Waals surface area contributed by atoms with Gasteiger partial charge >= 0.3 is 11.9 Å². The molecule has 3 heterocycles. The van der Waals surface area contributed by atoms with Gasteiger partial charge in [0.25, 0.3) is 0 Å². The van der Waals surface area contributed by atoms with Gasteiger partial charge in [-0.25, -0.2) is 4.79 Å². The Morgan fingerprint density at radius 3 is 2.31 bits per heavy atom. The fraction of sp³-hybridized carbons (Fsp3) is 0.682.